The van der Waals surface area contributed by atoms with Crippen LogP contribution in [0.1, 0.15) is 39.8 Å². The minimum atomic E-state index is -0.530. The van der Waals surface area contributed by atoms with Crippen molar-refractivity contribution in [1.82, 2.24) is 14.9 Å². The number of amides is 1. The van der Waals surface area contributed by atoms with Crippen LogP contribution in [-0.4, -0.2) is 46.3 Å². The predicted octanol–water partition coefficient (Wildman–Crippen LogP) is 5.79. The van der Waals surface area contributed by atoms with E-state index < -0.39 is 5.60 Å². The molecule has 1 aromatic carbocycles. The normalized spacial score (nSPS) is 16.8. The number of aromatic amines is 1. The summed E-state index contributed by atoms with van der Waals surface area (Å²) < 4.78 is 25.0. The SMILES string of the molecule is COc1ccc(F)cc1-c1ccnc2[nH]c(C3=C[C@H](C)N(C(=O)OC(C)(C)C)CC3)cc12. The molecule has 32 heavy (non-hydrogen) atoms. The highest BCUT2D eigenvalue weighted by molar-refractivity contribution is 5.96. The van der Waals surface area contributed by atoms with Crippen LogP contribution < -0.4 is 4.74 Å². The standard InChI is InChI=1S/C25H28FN3O3/c1-15-12-16(9-11-29(15)24(30)32-25(2,3)4)21-14-20-18(8-10-27-23(20)28-21)19-13-17(26)6-7-22(19)31-5/h6-8,10,12-15H,9,11H2,1-5H3,(H,27,28)/t15-/m0/s1. The molecule has 7 heteroatoms. The number of ether oxygens (including phenoxy) is 2. The van der Waals surface area contributed by atoms with Gasteiger partial charge in [-0.2, -0.15) is 0 Å². The van der Waals surface area contributed by atoms with Gasteiger partial charge in [-0.3, -0.25) is 0 Å². The average molecular weight is 438 g/mol. The highest BCUT2D eigenvalue weighted by atomic mass is 19.1. The van der Waals surface area contributed by atoms with E-state index in [-0.39, 0.29) is 18.0 Å². The molecule has 1 N–H and O–H groups in total. The topological polar surface area (TPSA) is 67.5 Å². The first-order valence-electron chi connectivity index (χ1n) is 10.7. The fourth-order valence-corrected chi connectivity index (χ4v) is 4.04. The van der Waals surface area contributed by atoms with E-state index in [2.05, 4.69) is 16.0 Å². The molecular weight excluding hydrogens is 409 g/mol. The van der Waals surface area contributed by atoms with Crippen LogP contribution in [0.3, 0.4) is 0 Å². The third-order valence-corrected chi connectivity index (χ3v) is 5.51. The Kier molecular flexibility index (Phi) is 5.67. The van der Waals surface area contributed by atoms with Crippen molar-refractivity contribution in [3.05, 3.63) is 54.1 Å². The number of carbonyl (C=O) groups excluding carboxylic acids is 1. The number of H-pyrrole nitrogens is 1. The van der Waals surface area contributed by atoms with Crippen LogP contribution in [0.5, 0.6) is 5.75 Å². The largest absolute Gasteiger partial charge is 0.496 e. The second-order valence-corrected chi connectivity index (χ2v) is 9.00. The number of pyridine rings is 1. The van der Waals surface area contributed by atoms with Gasteiger partial charge in [0.15, 0.2) is 0 Å². The summed E-state index contributed by atoms with van der Waals surface area (Å²) >= 11 is 0. The summed E-state index contributed by atoms with van der Waals surface area (Å²) in [5.41, 5.74) is 3.74. The molecular formula is C25H28FN3O3. The van der Waals surface area contributed by atoms with Crippen LogP contribution in [-0.2, 0) is 4.74 Å². The van der Waals surface area contributed by atoms with Crippen molar-refractivity contribution in [2.45, 2.75) is 45.8 Å². The van der Waals surface area contributed by atoms with Crippen LogP contribution in [0.2, 0.25) is 0 Å². The van der Waals surface area contributed by atoms with Gasteiger partial charge in [-0.05, 0) is 75.6 Å². The summed E-state index contributed by atoms with van der Waals surface area (Å²) in [7, 11) is 1.57. The molecule has 0 spiro atoms. The Hall–Kier alpha value is -3.35. The Morgan fingerprint density at radius 1 is 1.22 bits per heavy atom. The molecule has 0 fully saturated rings. The zero-order valence-corrected chi connectivity index (χ0v) is 19.0. The summed E-state index contributed by atoms with van der Waals surface area (Å²) in [6.45, 7) is 8.14. The van der Waals surface area contributed by atoms with Gasteiger partial charge in [-0.15, -0.1) is 0 Å². The lowest BCUT2D eigenvalue weighted by molar-refractivity contribution is 0.0209. The maximum absolute atomic E-state index is 14.0. The number of aromatic nitrogens is 2. The fraction of sp³-hybridized carbons (Fsp3) is 0.360. The summed E-state index contributed by atoms with van der Waals surface area (Å²) in [5, 5.41) is 0.884. The number of halogens is 1. The number of benzene rings is 1. The number of methoxy groups -OCH3 is 1. The Morgan fingerprint density at radius 2 is 2.00 bits per heavy atom. The lowest BCUT2D eigenvalue weighted by Gasteiger charge is -2.33. The molecule has 1 atom stereocenters. The number of hydrogen-bond acceptors (Lipinski definition) is 4. The van der Waals surface area contributed by atoms with E-state index in [4.69, 9.17) is 9.47 Å². The lowest BCUT2D eigenvalue weighted by atomic mass is 9.99. The first kappa shape index (κ1) is 21.9. The van der Waals surface area contributed by atoms with Crippen molar-refractivity contribution < 1.29 is 18.7 Å². The molecule has 1 aliphatic rings. The first-order chi connectivity index (χ1) is 15.2. The van der Waals surface area contributed by atoms with Crippen molar-refractivity contribution in [3.8, 4) is 16.9 Å². The molecule has 168 valence electrons. The molecule has 3 heterocycles. The summed E-state index contributed by atoms with van der Waals surface area (Å²) in [6, 6.07) is 8.27. The smallest absolute Gasteiger partial charge is 0.410 e. The zero-order chi connectivity index (χ0) is 23.0. The monoisotopic (exact) mass is 437 g/mol. The van der Waals surface area contributed by atoms with Gasteiger partial charge in [0.1, 0.15) is 22.8 Å². The van der Waals surface area contributed by atoms with Crippen LogP contribution in [0.25, 0.3) is 27.7 Å². The molecule has 4 rings (SSSR count). The number of nitrogens with one attached hydrogen (secondary N) is 1. The van der Waals surface area contributed by atoms with E-state index in [1.807, 2.05) is 39.8 Å². The van der Waals surface area contributed by atoms with Gasteiger partial charge >= 0.3 is 6.09 Å². The van der Waals surface area contributed by atoms with E-state index >= 15 is 0 Å². The van der Waals surface area contributed by atoms with Gasteiger partial charge in [-0.1, -0.05) is 6.08 Å². The third-order valence-electron chi connectivity index (χ3n) is 5.51. The third kappa shape index (κ3) is 4.33. The van der Waals surface area contributed by atoms with Gasteiger partial charge in [0.2, 0.25) is 0 Å². The second-order valence-electron chi connectivity index (χ2n) is 9.00. The van der Waals surface area contributed by atoms with Crippen LogP contribution in [0.4, 0.5) is 9.18 Å². The lowest BCUT2D eigenvalue weighted by Crippen LogP contribution is -2.43. The highest BCUT2D eigenvalue weighted by Gasteiger charge is 2.28. The quantitative estimate of drug-likeness (QED) is 0.563. The van der Waals surface area contributed by atoms with Crippen LogP contribution >= 0.6 is 0 Å². The Bertz CT molecular complexity index is 1190. The van der Waals surface area contributed by atoms with Crippen molar-refractivity contribution in [2.24, 2.45) is 0 Å². The molecule has 0 aliphatic carbocycles. The van der Waals surface area contributed by atoms with Gasteiger partial charge in [0, 0.05) is 29.4 Å². The first-order valence-corrected chi connectivity index (χ1v) is 10.7. The van der Waals surface area contributed by atoms with Crippen LogP contribution in [0.15, 0.2) is 42.6 Å². The molecule has 1 aliphatic heterocycles. The zero-order valence-electron chi connectivity index (χ0n) is 19.0. The van der Waals surface area contributed by atoms with E-state index in [1.54, 1.807) is 24.3 Å². The maximum atomic E-state index is 14.0. The molecule has 6 nitrogen and oxygen atoms in total. The van der Waals surface area contributed by atoms with Gasteiger partial charge in [0.05, 0.1) is 13.2 Å². The predicted molar refractivity (Wildman–Crippen MR) is 123 cm³/mol. The Balaban J connectivity index is 1.68. The maximum Gasteiger partial charge on any atom is 0.410 e. The van der Waals surface area contributed by atoms with E-state index in [0.717, 1.165) is 22.2 Å². The summed E-state index contributed by atoms with van der Waals surface area (Å²) in [5.74, 6) is 0.271. The molecule has 3 aromatic rings. The van der Waals surface area contributed by atoms with Crippen LogP contribution in [0, 0.1) is 5.82 Å². The second kappa shape index (κ2) is 8.30. The highest BCUT2D eigenvalue weighted by Crippen LogP contribution is 2.37. The molecule has 0 bridgehead atoms. The molecule has 0 saturated heterocycles. The number of carbonyl (C=O) groups is 1. The number of nitrogens with zero attached hydrogens (tertiary/aromatic N) is 2. The number of fused-ring (bicyclic) bond motifs is 1. The van der Waals surface area contributed by atoms with E-state index in [9.17, 15) is 9.18 Å². The number of hydrogen-bond donors (Lipinski definition) is 1. The Labute approximate surface area is 187 Å². The van der Waals surface area contributed by atoms with Crippen molar-refractivity contribution in [1.29, 1.82) is 0 Å². The van der Waals surface area contributed by atoms with E-state index in [0.29, 0.717) is 29.9 Å². The van der Waals surface area contributed by atoms with Crippen molar-refractivity contribution in [2.75, 3.05) is 13.7 Å². The van der Waals surface area contributed by atoms with E-state index in [1.165, 1.54) is 12.1 Å². The molecule has 2 aromatic heterocycles. The molecule has 0 saturated carbocycles. The fourth-order valence-electron chi connectivity index (χ4n) is 4.04. The van der Waals surface area contributed by atoms with Crippen molar-refractivity contribution in [3.63, 3.8) is 0 Å². The average Bonchev–Trinajstić information content (AvgIpc) is 3.16. The van der Waals surface area contributed by atoms with Gasteiger partial charge in [0.25, 0.3) is 0 Å². The molecule has 0 radical (unpaired) electrons. The molecule has 1 amide bonds. The summed E-state index contributed by atoms with van der Waals surface area (Å²) in [4.78, 5) is 22.1. The number of rotatable bonds is 3. The molecule has 0 unspecified atom stereocenters. The van der Waals surface area contributed by atoms with Crippen molar-refractivity contribution >= 4 is 22.7 Å². The Morgan fingerprint density at radius 3 is 2.69 bits per heavy atom. The summed E-state index contributed by atoms with van der Waals surface area (Å²) in [6.07, 6.45) is 4.15. The minimum Gasteiger partial charge on any atom is -0.496 e. The van der Waals surface area contributed by atoms with Gasteiger partial charge in [-0.25, -0.2) is 14.2 Å². The minimum absolute atomic E-state index is 0.101. The van der Waals surface area contributed by atoms with Gasteiger partial charge < -0.3 is 19.4 Å².